The first kappa shape index (κ1) is 20.6. The molecule has 1 saturated heterocycles. The summed E-state index contributed by atoms with van der Waals surface area (Å²) in [7, 11) is 0. The molecule has 34 heavy (non-hydrogen) atoms. The minimum absolute atomic E-state index is 0.390. The van der Waals surface area contributed by atoms with Gasteiger partial charge in [0.1, 0.15) is 24.5 Å². The van der Waals surface area contributed by atoms with Crippen molar-refractivity contribution >= 4 is 33.3 Å². The summed E-state index contributed by atoms with van der Waals surface area (Å²) in [6, 6.07) is 18.4. The molecule has 3 aromatic heterocycles. The van der Waals surface area contributed by atoms with E-state index in [0.29, 0.717) is 19.2 Å². The Morgan fingerprint density at radius 2 is 2.06 bits per heavy atom. The van der Waals surface area contributed by atoms with Crippen LogP contribution >= 0.6 is 0 Å². The van der Waals surface area contributed by atoms with Crippen molar-refractivity contribution in [3.8, 4) is 5.75 Å². The van der Waals surface area contributed by atoms with Gasteiger partial charge in [0.15, 0.2) is 0 Å². The van der Waals surface area contributed by atoms with Crippen molar-refractivity contribution in [3.63, 3.8) is 0 Å². The Hall–Kier alpha value is -4.04. The summed E-state index contributed by atoms with van der Waals surface area (Å²) in [5, 5.41) is 13.4. The van der Waals surface area contributed by atoms with E-state index in [1.54, 1.807) is 12.5 Å². The van der Waals surface area contributed by atoms with Crippen molar-refractivity contribution < 1.29 is 4.74 Å². The zero-order valence-corrected chi connectivity index (χ0v) is 18.7. The zero-order valence-electron chi connectivity index (χ0n) is 18.7. The molecule has 170 valence electrons. The van der Waals surface area contributed by atoms with Crippen LogP contribution in [0.2, 0.25) is 0 Å². The fraction of sp³-hybridized carbons (Fsp3) is 0.231. The average molecular weight is 452 g/mol. The molecule has 0 aliphatic carbocycles. The standard InChI is InChI=1S/C26H25N7O/c1-2-11-27-20(5-1)15-33-23-10-9-19(13-18(23)14-31-33)32-26-25-22(29-17-30-26)7-3-8-24(25)34-16-21-6-4-12-28-21/h1-3,5,7-11,13-14,17,21,28H,4,6,12,15-16H2,(H,29,30,32)/t21-/m1/s1. The van der Waals surface area contributed by atoms with Crippen molar-refractivity contribution in [2.24, 2.45) is 0 Å². The zero-order chi connectivity index (χ0) is 22.7. The van der Waals surface area contributed by atoms with Crippen LogP contribution in [-0.4, -0.2) is 43.9 Å². The van der Waals surface area contributed by atoms with Gasteiger partial charge in [-0.25, -0.2) is 9.97 Å². The van der Waals surface area contributed by atoms with Gasteiger partial charge in [0, 0.05) is 23.3 Å². The van der Waals surface area contributed by atoms with E-state index >= 15 is 0 Å². The molecule has 0 saturated carbocycles. The minimum atomic E-state index is 0.390. The van der Waals surface area contributed by atoms with Gasteiger partial charge in [-0.3, -0.25) is 9.67 Å². The van der Waals surface area contributed by atoms with E-state index in [9.17, 15) is 0 Å². The van der Waals surface area contributed by atoms with E-state index < -0.39 is 0 Å². The van der Waals surface area contributed by atoms with Crippen molar-refractivity contribution in [2.45, 2.75) is 25.4 Å². The molecule has 5 aromatic rings. The maximum absolute atomic E-state index is 6.21. The van der Waals surface area contributed by atoms with Crippen molar-refractivity contribution in [1.29, 1.82) is 0 Å². The quantitative estimate of drug-likeness (QED) is 0.381. The second kappa shape index (κ2) is 9.07. The Morgan fingerprint density at radius 1 is 1.06 bits per heavy atom. The number of nitrogens with one attached hydrogen (secondary N) is 2. The minimum Gasteiger partial charge on any atom is -0.491 e. The molecule has 0 unspecified atom stereocenters. The Balaban J connectivity index is 1.28. The van der Waals surface area contributed by atoms with E-state index in [2.05, 4.69) is 42.8 Å². The molecule has 4 heterocycles. The van der Waals surface area contributed by atoms with E-state index in [1.807, 2.05) is 53.3 Å². The van der Waals surface area contributed by atoms with E-state index in [0.717, 1.165) is 57.7 Å². The highest BCUT2D eigenvalue weighted by atomic mass is 16.5. The highest BCUT2D eigenvalue weighted by molar-refractivity contribution is 5.96. The van der Waals surface area contributed by atoms with Crippen LogP contribution < -0.4 is 15.4 Å². The Kier molecular flexibility index (Phi) is 5.48. The molecule has 0 spiro atoms. The number of pyridine rings is 1. The van der Waals surface area contributed by atoms with Gasteiger partial charge in [-0.05, 0) is 61.9 Å². The van der Waals surface area contributed by atoms with Crippen LogP contribution in [0.25, 0.3) is 21.8 Å². The smallest absolute Gasteiger partial charge is 0.145 e. The lowest BCUT2D eigenvalue weighted by Gasteiger charge is -2.15. The van der Waals surface area contributed by atoms with E-state index in [1.165, 1.54) is 6.42 Å². The van der Waals surface area contributed by atoms with Crippen LogP contribution in [0.4, 0.5) is 11.5 Å². The van der Waals surface area contributed by atoms with Crippen molar-refractivity contribution in [1.82, 2.24) is 30.0 Å². The van der Waals surface area contributed by atoms with Crippen LogP contribution in [0, 0.1) is 0 Å². The summed E-state index contributed by atoms with van der Waals surface area (Å²) in [5.41, 5.74) is 3.80. The van der Waals surface area contributed by atoms with E-state index in [-0.39, 0.29) is 0 Å². The average Bonchev–Trinajstić information content (AvgIpc) is 3.54. The number of rotatable bonds is 7. The topological polar surface area (TPSA) is 89.8 Å². The van der Waals surface area contributed by atoms with E-state index in [4.69, 9.17) is 4.74 Å². The Labute approximate surface area is 197 Å². The van der Waals surface area contributed by atoms with Gasteiger partial charge in [0.05, 0.1) is 34.9 Å². The molecule has 8 nitrogen and oxygen atoms in total. The van der Waals surface area contributed by atoms with Gasteiger partial charge < -0.3 is 15.4 Å². The van der Waals surface area contributed by atoms with Gasteiger partial charge >= 0.3 is 0 Å². The van der Waals surface area contributed by atoms with Crippen molar-refractivity contribution in [2.75, 3.05) is 18.5 Å². The largest absolute Gasteiger partial charge is 0.491 e. The summed E-state index contributed by atoms with van der Waals surface area (Å²) >= 11 is 0. The number of ether oxygens (including phenoxy) is 1. The van der Waals surface area contributed by atoms with Crippen LogP contribution in [0.15, 0.2) is 73.3 Å². The summed E-state index contributed by atoms with van der Waals surface area (Å²) in [6.07, 6.45) is 7.60. The molecular formula is C26H25N7O. The second-order valence-electron chi connectivity index (χ2n) is 8.50. The predicted molar refractivity (Wildman–Crippen MR) is 132 cm³/mol. The molecular weight excluding hydrogens is 426 g/mol. The molecule has 0 radical (unpaired) electrons. The van der Waals surface area contributed by atoms with Gasteiger partial charge in [0.2, 0.25) is 0 Å². The number of nitrogens with zero attached hydrogens (tertiary/aromatic N) is 5. The number of benzene rings is 2. The summed E-state index contributed by atoms with van der Waals surface area (Å²) in [6.45, 7) is 2.32. The third kappa shape index (κ3) is 4.15. The Morgan fingerprint density at radius 3 is 2.94 bits per heavy atom. The highest BCUT2D eigenvalue weighted by Gasteiger charge is 2.17. The molecule has 2 N–H and O–H groups in total. The number of fused-ring (bicyclic) bond motifs is 2. The maximum Gasteiger partial charge on any atom is 0.145 e. The maximum atomic E-state index is 6.21. The predicted octanol–water partition coefficient (Wildman–Crippen LogP) is 4.30. The molecule has 1 aliphatic rings. The van der Waals surface area contributed by atoms with Crippen LogP contribution in [-0.2, 0) is 6.54 Å². The van der Waals surface area contributed by atoms with Gasteiger partial charge in [-0.2, -0.15) is 5.10 Å². The molecule has 0 amide bonds. The lowest BCUT2D eigenvalue weighted by Crippen LogP contribution is -2.28. The number of hydrogen-bond donors (Lipinski definition) is 2. The number of aromatic nitrogens is 5. The summed E-state index contributed by atoms with van der Waals surface area (Å²) in [4.78, 5) is 13.4. The Bertz CT molecular complexity index is 1420. The fourth-order valence-electron chi connectivity index (χ4n) is 4.46. The molecule has 0 bridgehead atoms. The number of anilines is 2. The molecule has 1 atom stereocenters. The SMILES string of the molecule is c1ccc(Cn2ncc3cc(Nc4ncnc5cccc(OC[C@H]6CCCN6)c45)ccc32)nc1. The summed E-state index contributed by atoms with van der Waals surface area (Å²) in [5.74, 6) is 1.51. The third-order valence-electron chi connectivity index (χ3n) is 6.17. The van der Waals surface area contributed by atoms with Gasteiger partial charge in [-0.15, -0.1) is 0 Å². The summed E-state index contributed by atoms with van der Waals surface area (Å²) < 4.78 is 8.17. The molecule has 1 aliphatic heterocycles. The fourth-order valence-corrected chi connectivity index (χ4v) is 4.46. The lowest BCUT2D eigenvalue weighted by atomic mass is 10.2. The number of hydrogen-bond acceptors (Lipinski definition) is 7. The lowest BCUT2D eigenvalue weighted by molar-refractivity contribution is 0.280. The molecule has 1 fully saturated rings. The first-order valence-electron chi connectivity index (χ1n) is 11.6. The molecule has 2 aromatic carbocycles. The van der Waals surface area contributed by atoms with Crippen LogP contribution in [0.3, 0.4) is 0 Å². The molecule has 6 rings (SSSR count). The third-order valence-corrected chi connectivity index (χ3v) is 6.17. The van der Waals surface area contributed by atoms with Crippen LogP contribution in [0.1, 0.15) is 18.5 Å². The first-order valence-corrected chi connectivity index (χ1v) is 11.6. The van der Waals surface area contributed by atoms with Crippen molar-refractivity contribution in [3.05, 3.63) is 79.0 Å². The second-order valence-corrected chi connectivity index (χ2v) is 8.50. The van der Waals surface area contributed by atoms with Gasteiger partial charge in [-0.1, -0.05) is 12.1 Å². The van der Waals surface area contributed by atoms with Crippen LogP contribution in [0.5, 0.6) is 5.75 Å². The normalized spacial score (nSPS) is 15.7. The highest BCUT2D eigenvalue weighted by Crippen LogP contribution is 2.32. The first-order chi connectivity index (χ1) is 16.8. The molecule has 8 heteroatoms. The monoisotopic (exact) mass is 451 g/mol. The van der Waals surface area contributed by atoms with Gasteiger partial charge in [0.25, 0.3) is 0 Å².